The second-order valence-corrected chi connectivity index (χ2v) is 5.45. The Morgan fingerprint density at radius 3 is 2.58 bits per heavy atom. The zero-order chi connectivity index (χ0) is 18.6. The van der Waals surface area contributed by atoms with Crippen molar-refractivity contribution in [3.05, 3.63) is 60.2 Å². The number of anilines is 1. The van der Waals surface area contributed by atoms with Crippen molar-refractivity contribution in [3.63, 3.8) is 0 Å². The van der Waals surface area contributed by atoms with E-state index in [4.69, 9.17) is 0 Å². The minimum absolute atomic E-state index is 0.0690. The molecule has 0 aliphatic carbocycles. The lowest BCUT2D eigenvalue weighted by atomic mass is 10.1. The van der Waals surface area contributed by atoms with E-state index in [1.807, 2.05) is 6.07 Å². The molecule has 6 nitrogen and oxygen atoms in total. The number of carbonyl (C=O) groups excluding carboxylic acids is 1. The summed E-state index contributed by atoms with van der Waals surface area (Å²) in [7, 11) is 0. The number of para-hydroxylation sites is 1. The van der Waals surface area contributed by atoms with Crippen LogP contribution in [0, 0.1) is 0 Å². The molecule has 9 heteroatoms. The van der Waals surface area contributed by atoms with E-state index in [0.717, 1.165) is 12.1 Å². The van der Waals surface area contributed by atoms with Gasteiger partial charge in [0.1, 0.15) is 0 Å². The van der Waals surface area contributed by atoms with Gasteiger partial charge in [0.2, 0.25) is 11.7 Å². The largest absolute Gasteiger partial charge is 0.416 e. The zero-order valence-electron chi connectivity index (χ0n) is 13.4. The molecule has 0 saturated carbocycles. The fraction of sp³-hybridized carbons (Fsp3) is 0.176. The van der Waals surface area contributed by atoms with E-state index in [9.17, 15) is 18.0 Å². The minimum atomic E-state index is -4.44. The molecule has 0 spiro atoms. The number of carbonyl (C=O) groups is 1. The van der Waals surface area contributed by atoms with Gasteiger partial charge in [0.15, 0.2) is 0 Å². The Hall–Kier alpha value is -3.23. The number of benzene rings is 2. The van der Waals surface area contributed by atoms with E-state index < -0.39 is 11.7 Å². The molecule has 0 bridgehead atoms. The predicted octanol–water partition coefficient (Wildman–Crippen LogP) is 3.39. The van der Waals surface area contributed by atoms with Gasteiger partial charge >= 0.3 is 6.18 Å². The lowest BCUT2D eigenvalue weighted by Crippen LogP contribution is -2.15. The van der Waals surface area contributed by atoms with Crippen molar-refractivity contribution < 1.29 is 18.0 Å². The second-order valence-electron chi connectivity index (χ2n) is 5.45. The number of aryl methyl sites for hydroxylation is 1. The summed E-state index contributed by atoms with van der Waals surface area (Å²) in [6.45, 7) is 0.157. The molecule has 0 aliphatic rings. The SMILES string of the molecule is O=C(CCn1nnc(-c2cccc(C(F)(F)F)c2)n1)Nc1ccccc1. The molecule has 3 rings (SSSR count). The quantitative estimate of drug-likeness (QED) is 0.756. The Morgan fingerprint density at radius 1 is 1.08 bits per heavy atom. The van der Waals surface area contributed by atoms with Crippen molar-refractivity contribution in [1.29, 1.82) is 0 Å². The van der Waals surface area contributed by atoms with Crippen LogP contribution in [-0.2, 0) is 17.5 Å². The third kappa shape index (κ3) is 4.44. The normalized spacial score (nSPS) is 11.3. The van der Waals surface area contributed by atoms with E-state index >= 15 is 0 Å². The van der Waals surface area contributed by atoms with Gasteiger partial charge in [-0.3, -0.25) is 4.79 Å². The lowest BCUT2D eigenvalue weighted by molar-refractivity contribution is -0.137. The highest BCUT2D eigenvalue weighted by atomic mass is 19.4. The Kier molecular flexibility index (Phi) is 4.97. The van der Waals surface area contributed by atoms with E-state index in [-0.39, 0.29) is 30.3 Å². The van der Waals surface area contributed by atoms with Gasteiger partial charge in [-0.1, -0.05) is 30.3 Å². The number of alkyl halides is 3. The number of nitrogens with one attached hydrogen (secondary N) is 1. The second kappa shape index (κ2) is 7.34. The monoisotopic (exact) mass is 361 g/mol. The van der Waals surface area contributed by atoms with Crippen LogP contribution in [0.25, 0.3) is 11.4 Å². The molecule has 1 amide bonds. The summed E-state index contributed by atoms with van der Waals surface area (Å²) < 4.78 is 38.3. The number of nitrogens with zero attached hydrogens (tertiary/aromatic N) is 4. The summed E-state index contributed by atoms with van der Waals surface area (Å²) in [4.78, 5) is 13.1. The van der Waals surface area contributed by atoms with E-state index in [1.165, 1.54) is 16.9 Å². The fourth-order valence-electron chi connectivity index (χ4n) is 2.23. The van der Waals surface area contributed by atoms with Crippen LogP contribution in [0.2, 0.25) is 0 Å². The van der Waals surface area contributed by atoms with Crippen molar-refractivity contribution in [2.45, 2.75) is 19.1 Å². The van der Waals surface area contributed by atoms with Crippen LogP contribution in [0.15, 0.2) is 54.6 Å². The summed E-state index contributed by atoms with van der Waals surface area (Å²) in [6, 6.07) is 13.7. The molecule has 1 N–H and O–H groups in total. The van der Waals surface area contributed by atoms with Crippen LogP contribution < -0.4 is 5.32 Å². The summed E-state index contributed by atoms with van der Waals surface area (Å²) >= 11 is 0. The molecular weight excluding hydrogens is 347 g/mol. The molecule has 3 aromatic rings. The number of amides is 1. The number of aromatic nitrogens is 4. The summed E-state index contributed by atoms with van der Waals surface area (Å²) in [5.74, 6) is -0.159. The van der Waals surface area contributed by atoms with Crippen molar-refractivity contribution in [1.82, 2.24) is 20.2 Å². The first kappa shape index (κ1) is 17.6. The number of rotatable bonds is 5. The Balaban J connectivity index is 1.62. The molecule has 1 heterocycles. The number of tetrazole rings is 1. The predicted molar refractivity (Wildman–Crippen MR) is 87.9 cm³/mol. The summed E-state index contributed by atoms with van der Waals surface area (Å²) in [6.07, 6.45) is -4.34. The first-order valence-corrected chi connectivity index (χ1v) is 7.72. The summed E-state index contributed by atoms with van der Waals surface area (Å²) in [5.41, 5.74) is 0.0992. The maximum Gasteiger partial charge on any atom is 0.416 e. The molecule has 26 heavy (non-hydrogen) atoms. The molecule has 0 fully saturated rings. The van der Waals surface area contributed by atoms with Crippen LogP contribution >= 0.6 is 0 Å². The van der Waals surface area contributed by atoms with Crippen LogP contribution in [-0.4, -0.2) is 26.1 Å². The van der Waals surface area contributed by atoms with Crippen molar-refractivity contribution in [3.8, 4) is 11.4 Å². The first-order chi connectivity index (χ1) is 12.4. The maximum atomic E-state index is 12.8. The molecular formula is C17H14F3N5O. The summed E-state index contributed by atoms with van der Waals surface area (Å²) in [5, 5.41) is 14.3. The van der Waals surface area contributed by atoms with Gasteiger partial charge in [-0.05, 0) is 29.5 Å². The molecule has 134 valence electrons. The van der Waals surface area contributed by atoms with Crippen molar-refractivity contribution >= 4 is 11.6 Å². The third-order valence-corrected chi connectivity index (χ3v) is 3.50. The van der Waals surface area contributed by atoms with Crippen molar-refractivity contribution in [2.24, 2.45) is 0 Å². The Labute approximate surface area is 146 Å². The van der Waals surface area contributed by atoms with Gasteiger partial charge in [-0.25, -0.2) is 0 Å². The fourth-order valence-corrected chi connectivity index (χ4v) is 2.23. The molecule has 1 aromatic heterocycles. The standard InChI is InChI=1S/C17H14F3N5O/c18-17(19,20)13-6-4-5-12(11-13)16-22-24-25(23-16)10-9-15(26)21-14-7-2-1-3-8-14/h1-8,11H,9-10H2,(H,21,26). The topological polar surface area (TPSA) is 72.7 Å². The van der Waals surface area contributed by atoms with Crippen molar-refractivity contribution in [2.75, 3.05) is 5.32 Å². The van der Waals surface area contributed by atoms with E-state index in [1.54, 1.807) is 24.3 Å². The average molecular weight is 361 g/mol. The van der Waals surface area contributed by atoms with Crippen LogP contribution in [0.4, 0.5) is 18.9 Å². The molecule has 0 atom stereocenters. The third-order valence-electron chi connectivity index (χ3n) is 3.50. The van der Waals surface area contributed by atoms with Crippen LogP contribution in [0.5, 0.6) is 0 Å². The minimum Gasteiger partial charge on any atom is -0.326 e. The first-order valence-electron chi connectivity index (χ1n) is 7.72. The zero-order valence-corrected chi connectivity index (χ0v) is 13.4. The Bertz CT molecular complexity index is 893. The van der Waals surface area contributed by atoms with Gasteiger partial charge in [-0.2, -0.15) is 18.0 Å². The van der Waals surface area contributed by atoms with E-state index in [2.05, 4.69) is 20.7 Å². The highest BCUT2D eigenvalue weighted by molar-refractivity contribution is 5.90. The smallest absolute Gasteiger partial charge is 0.326 e. The van der Waals surface area contributed by atoms with Gasteiger partial charge < -0.3 is 5.32 Å². The Morgan fingerprint density at radius 2 is 1.85 bits per heavy atom. The molecule has 0 aliphatic heterocycles. The number of hydrogen-bond donors (Lipinski definition) is 1. The highest BCUT2D eigenvalue weighted by Gasteiger charge is 2.30. The highest BCUT2D eigenvalue weighted by Crippen LogP contribution is 2.31. The van der Waals surface area contributed by atoms with E-state index in [0.29, 0.717) is 5.69 Å². The maximum absolute atomic E-state index is 12.8. The van der Waals surface area contributed by atoms with Gasteiger partial charge in [0.25, 0.3) is 0 Å². The molecule has 0 saturated heterocycles. The molecule has 0 radical (unpaired) electrons. The van der Waals surface area contributed by atoms with Crippen LogP contribution in [0.3, 0.4) is 0 Å². The van der Waals surface area contributed by atoms with Gasteiger partial charge in [-0.15, -0.1) is 10.2 Å². The average Bonchev–Trinajstić information content (AvgIpc) is 3.09. The van der Waals surface area contributed by atoms with Crippen LogP contribution in [0.1, 0.15) is 12.0 Å². The number of halogens is 3. The lowest BCUT2D eigenvalue weighted by Gasteiger charge is -2.06. The van der Waals surface area contributed by atoms with Gasteiger partial charge in [0.05, 0.1) is 12.1 Å². The molecule has 2 aromatic carbocycles. The molecule has 0 unspecified atom stereocenters. The number of hydrogen-bond acceptors (Lipinski definition) is 4. The van der Waals surface area contributed by atoms with Gasteiger partial charge in [0, 0.05) is 17.7 Å².